The standard InChI is InChI=1S/C29H39NO10/c1-15(31)25(26(37)38)30-22(35)6-7-23(36)40-14-21(34)29(39)11-9-19-18-5-4-16-12-17(32)8-10-27(16,2)24(18)20(33)13-28(19,29)3/h12,15,18-19,24-25,31,39H,4-11,13-14H2,1-3H3,(H,30,35)(H,37,38)/t15-,18-,19+,24+,25-,27-,28-,29-/m0/s1. The number of ether oxygens (including phenoxy) is 1. The predicted octanol–water partition coefficient (Wildman–Crippen LogP) is 1.27. The highest BCUT2D eigenvalue weighted by atomic mass is 16.5. The number of nitrogens with one attached hydrogen (secondary N) is 1. The van der Waals surface area contributed by atoms with Gasteiger partial charge >= 0.3 is 11.9 Å². The Morgan fingerprint density at radius 2 is 1.80 bits per heavy atom. The maximum absolute atomic E-state index is 13.7. The molecule has 11 heteroatoms. The number of carboxylic acids is 1. The number of allylic oxidation sites excluding steroid dienone is 1. The van der Waals surface area contributed by atoms with E-state index in [9.17, 15) is 39.0 Å². The Kier molecular flexibility index (Phi) is 8.12. The Labute approximate surface area is 232 Å². The molecule has 40 heavy (non-hydrogen) atoms. The van der Waals surface area contributed by atoms with Gasteiger partial charge < -0.3 is 25.4 Å². The molecule has 3 fully saturated rings. The average Bonchev–Trinajstić information content (AvgIpc) is 3.15. The normalized spacial score (nSPS) is 36.3. The minimum absolute atomic E-state index is 0.000746. The quantitative estimate of drug-likeness (QED) is 0.299. The molecule has 4 aliphatic carbocycles. The second-order valence-corrected chi connectivity index (χ2v) is 12.5. The van der Waals surface area contributed by atoms with Crippen molar-refractivity contribution in [1.29, 1.82) is 0 Å². The molecule has 0 unspecified atom stereocenters. The lowest BCUT2D eigenvalue weighted by Crippen LogP contribution is -2.61. The zero-order chi connectivity index (χ0) is 29.6. The number of aliphatic carboxylic acids is 1. The van der Waals surface area contributed by atoms with Gasteiger partial charge in [0.1, 0.15) is 11.4 Å². The van der Waals surface area contributed by atoms with Crippen molar-refractivity contribution in [1.82, 2.24) is 5.32 Å². The van der Waals surface area contributed by atoms with Crippen LogP contribution in [-0.2, 0) is 33.5 Å². The summed E-state index contributed by atoms with van der Waals surface area (Å²) >= 11 is 0. The largest absolute Gasteiger partial charge is 0.480 e. The minimum Gasteiger partial charge on any atom is -0.480 e. The van der Waals surface area contributed by atoms with Crippen molar-refractivity contribution in [3.05, 3.63) is 11.6 Å². The van der Waals surface area contributed by atoms with Gasteiger partial charge in [-0.3, -0.25) is 24.0 Å². The SMILES string of the molecule is C[C@H](O)[C@H](NC(=O)CCC(=O)OCC(=O)[C@@]1(O)CC[C@@H]2[C@@H]3CCC4=CC(=O)CC[C@]4(C)[C@H]3C(=O)C[C@@]21C)C(=O)O. The summed E-state index contributed by atoms with van der Waals surface area (Å²) in [5.41, 5.74) is -2.21. The summed E-state index contributed by atoms with van der Waals surface area (Å²) in [5, 5.41) is 32.3. The first kappa shape index (κ1) is 30.0. The zero-order valence-electron chi connectivity index (χ0n) is 23.2. The van der Waals surface area contributed by atoms with Crippen LogP contribution in [0.1, 0.15) is 78.6 Å². The fraction of sp³-hybridized carbons (Fsp3) is 0.724. The Bertz CT molecular complexity index is 1160. The molecular formula is C29H39NO10. The number of Topliss-reactive ketones (excluding diaryl/α,β-unsaturated/α-hetero) is 2. The summed E-state index contributed by atoms with van der Waals surface area (Å²) < 4.78 is 5.07. The highest BCUT2D eigenvalue weighted by Crippen LogP contribution is 2.66. The Balaban J connectivity index is 1.38. The number of carbonyl (C=O) groups excluding carboxylic acids is 5. The number of hydrogen-bond donors (Lipinski definition) is 4. The molecule has 0 aromatic heterocycles. The van der Waals surface area contributed by atoms with Crippen LogP contribution < -0.4 is 5.32 Å². The summed E-state index contributed by atoms with van der Waals surface area (Å²) in [5.74, 6) is -4.01. The maximum atomic E-state index is 13.7. The molecule has 0 saturated heterocycles. The molecule has 0 radical (unpaired) electrons. The number of aliphatic hydroxyl groups excluding tert-OH is 1. The average molecular weight is 562 g/mol. The highest BCUT2D eigenvalue weighted by molar-refractivity contribution is 5.95. The van der Waals surface area contributed by atoms with E-state index in [0.717, 1.165) is 5.57 Å². The van der Waals surface area contributed by atoms with Crippen LogP contribution in [-0.4, -0.2) is 74.9 Å². The van der Waals surface area contributed by atoms with Crippen LogP contribution in [0.5, 0.6) is 0 Å². The first-order chi connectivity index (χ1) is 18.6. The summed E-state index contributed by atoms with van der Waals surface area (Å²) in [4.78, 5) is 74.4. The van der Waals surface area contributed by atoms with Crippen molar-refractivity contribution in [3.8, 4) is 0 Å². The molecule has 0 spiro atoms. The van der Waals surface area contributed by atoms with Crippen molar-refractivity contribution in [2.24, 2.45) is 28.6 Å². The number of hydrogen-bond acceptors (Lipinski definition) is 9. The van der Waals surface area contributed by atoms with Gasteiger partial charge in [-0.1, -0.05) is 19.4 Å². The maximum Gasteiger partial charge on any atom is 0.328 e. The van der Waals surface area contributed by atoms with E-state index in [4.69, 9.17) is 9.84 Å². The predicted molar refractivity (Wildman–Crippen MR) is 138 cm³/mol. The van der Waals surface area contributed by atoms with Gasteiger partial charge in [0.2, 0.25) is 11.7 Å². The number of aliphatic hydroxyl groups is 2. The number of fused-ring (bicyclic) bond motifs is 5. The fourth-order valence-corrected chi connectivity index (χ4v) is 8.03. The molecule has 220 valence electrons. The molecule has 3 saturated carbocycles. The molecular weight excluding hydrogens is 522 g/mol. The van der Waals surface area contributed by atoms with Crippen molar-refractivity contribution in [3.63, 3.8) is 0 Å². The van der Waals surface area contributed by atoms with Crippen molar-refractivity contribution < 1.29 is 48.8 Å². The highest BCUT2D eigenvalue weighted by Gasteiger charge is 2.68. The molecule has 0 heterocycles. The van der Waals surface area contributed by atoms with Crippen LogP contribution >= 0.6 is 0 Å². The van der Waals surface area contributed by atoms with E-state index < -0.39 is 66.2 Å². The van der Waals surface area contributed by atoms with Gasteiger partial charge in [-0.25, -0.2) is 4.79 Å². The summed E-state index contributed by atoms with van der Waals surface area (Å²) in [6.07, 6.45) is 2.73. The number of amides is 1. The molecule has 4 N–H and O–H groups in total. The monoisotopic (exact) mass is 561 g/mol. The van der Waals surface area contributed by atoms with Gasteiger partial charge in [-0.15, -0.1) is 0 Å². The molecule has 8 atom stereocenters. The van der Waals surface area contributed by atoms with E-state index in [-0.39, 0.29) is 47.6 Å². The Morgan fingerprint density at radius 1 is 1.10 bits per heavy atom. The smallest absolute Gasteiger partial charge is 0.328 e. The van der Waals surface area contributed by atoms with Crippen molar-refractivity contribution >= 4 is 35.2 Å². The van der Waals surface area contributed by atoms with Gasteiger partial charge in [0.15, 0.2) is 18.4 Å². The van der Waals surface area contributed by atoms with Crippen LogP contribution in [0.25, 0.3) is 0 Å². The van der Waals surface area contributed by atoms with Gasteiger partial charge in [-0.2, -0.15) is 0 Å². The molecule has 0 bridgehead atoms. The zero-order valence-corrected chi connectivity index (χ0v) is 23.2. The van der Waals surface area contributed by atoms with E-state index in [0.29, 0.717) is 32.1 Å². The van der Waals surface area contributed by atoms with E-state index in [1.165, 1.54) is 6.92 Å². The second kappa shape index (κ2) is 10.8. The molecule has 0 aromatic carbocycles. The molecule has 11 nitrogen and oxygen atoms in total. The number of esters is 1. The van der Waals surface area contributed by atoms with Crippen molar-refractivity contribution in [2.75, 3.05) is 6.61 Å². The topological polar surface area (TPSA) is 184 Å². The number of rotatable bonds is 9. The lowest BCUT2D eigenvalue weighted by atomic mass is 9.46. The summed E-state index contributed by atoms with van der Waals surface area (Å²) in [6.45, 7) is 4.35. The van der Waals surface area contributed by atoms with Crippen LogP contribution in [0.2, 0.25) is 0 Å². The third-order valence-corrected chi connectivity index (χ3v) is 10.3. The van der Waals surface area contributed by atoms with Gasteiger partial charge in [0, 0.05) is 30.6 Å². The molecule has 1 amide bonds. The molecule has 0 aliphatic heterocycles. The van der Waals surface area contributed by atoms with E-state index in [1.54, 1.807) is 13.0 Å². The lowest BCUT2D eigenvalue weighted by Gasteiger charge is -2.57. The molecule has 4 aliphatic rings. The first-order valence-corrected chi connectivity index (χ1v) is 14.0. The van der Waals surface area contributed by atoms with Crippen LogP contribution in [0.3, 0.4) is 0 Å². The van der Waals surface area contributed by atoms with Crippen molar-refractivity contribution in [2.45, 2.75) is 96.3 Å². The number of carboxylic acid groups (broad SMARTS) is 1. The van der Waals surface area contributed by atoms with Gasteiger partial charge in [0.25, 0.3) is 0 Å². The third kappa shape index (κ3) is 5.02. The summed E-state index contributed by atoms with van der Waals surface area (Å²) in [7, 11) is 0. The van der Waals surface area contributed by atoms with Gasteiger partial charge in [-0.05, 0) is 62.4 Å². The fourth-order valence-electron chi connectivity index (χ4n) is 8.03. The van der Waals surface area contributed by atoms with Crippen LogP contribution in [0, 0.1) is 28.6 Å². The van der Waals surface area contributed by atoms with Crippen LogP contribution in [0.15, 0.2) is 11.6 Å². The summed E-state index contributed by atoms with van der Waals surface area (Å²) in [6, 6.07) is -1.52. The van der Waals surface area contributed by atoms with E-state index in [1.807, 2.05) is 0 Å². The Morgan fingerprint density at radius 3 is 2.45 bits per heavy atom. The molecule has 0 aromatic rings. The Hall–Kier alpha value is -2.92. The third-order valence-electron chi connectivity index (χ3n) is 10.3. The lowest BCUT2D eigenvalue weighted by molar-refractivity contribution is -0.173. The van der Waals surface area contributed by atoms with Gasteiger partial charge in [0.05, 0.1) is 12.5 Å². The number of ketones is 3. The van der Waals surface area contributed by atoms with Crippen LogP contribution in [0.4, 0.5) is 0 Å². The first-order valence-electron chi connectivity index (χ1n) is 14.0. The van der Waals surface area contributed by atoms with E-state index in [2.05, 4.69) is 12.2 Å². The molecule has 4 rings (SSSR count). The second-order valence-electron chi connectivity index (χ2n) is 12.5. The van der Waals surface area contributed by atoms with E-state index >= 15 is 0 Å². The number of carbonyl (C=O) groups is 6. The minimum atomic E-state index is -1.85.